The highest BCUT2D eigenvalue weighted by atomic mass is 32.2. The van der Waals surface area contributed by atoms with Crippen LogP contribution in [0.25, 0.3) is 0 Å². The van der Waals surface area contributed by atoms with Crippen LogP contribution in [0.1, 0.15) is 23.7 Å². The molecule has 2 rings (SSSR count). The second-order valence-electron chi connectivity index (χ2n) is 3.89. The summed E-state index contributed by atoms with van der Waals surface area (Å²) < 4.78 is 5.15. The fraction of sp³-hybridized carbons (Fsp3) is 0.385. The van der Waals surface area contributed by atoms with Gasteiger partial charge >= 0.3 is 0 Å². The van der Waals surface area contributed by atoms with Gasteiger partial charge in [0.05, 0.1) is 19.2 Å². The van der Waals surface area contributed by atoms with Crippen LogP contribution in [0.15, 0.2) is 29.3 Å². The maximum atomic E-state index is 12.0. The van der Waals surface area contributed by atoms with Crippen LogP contribution in [0.5, 0.6) is 5.75 Å². The van der Waals surface area contributed by atoms with E-state index in [0.717, 1.165) is 13.0 Å². The molecule has 0 aliphatic carbocycles. The van der Waals surface area contributed by atoms with Crippen LogP contribution in [0.4, 0.5) is 0 Å². The number of para-hydroxylation sites is 1. The van der Waals surface area contributed by atoms with Crippen LogP contribution >= 0.6 is 11.8 Å². The summed E-state index contributed by atoms with van der Waals surface area (Å²) in [5.74, 6) is 0.248. The van der Waals surface area contributed by atoms with Gasteiger partial charge in [-0.3, -0.25) is 10.1 Å². The number of hydrogen-bond acceptors (Lipinski definition) is 3. The minimum absolute atomic E-state index is 0.296. The van der Waals surface area contributed by atoms with Crippen LogP contribution < -0.4 is 10.1 Å². The molecule has 0 N–H and O–H groups in total. The van der Waals surface area contributed by atoms with E-state index in [-0.39, 0.29) is 5.91 Å². The van der Waals surface area contributed by atoms with Gasteiger partial charge < -0.3 is 4.74 Å². The van der Waals surface area contributed by atoms with Crippen molar-refractivity contribution < 1.29 is 9.53 Å². The van der Waals surface area contributed by atoms with Crippen LogP contribution in [0.3, 0.4) is 0 Å². The van der Waals surface area contributed by atoms with Crippen molar-refractivity contribution in [3.05, 3.63) is 29.8 Å². The summed E-state index contributed by atoms with van der Waals surface area (Å²) in [7, 11) is 1.54. The fourth-order valence-corrected chi connectivity index (χ4v) is 2.54. The van der Waals surface area contributed by atoms with E-state index < -0.39 is 0 Å². The van der Waals surface area contributed by atoms with E-state index in [4.69, 9.17) is 4.74 Å². The van der Waals surface area contributed by atoms with Gasteiger partial charge in [0.2, 0.25) is 0 Å². The van der Waals surface area contributed by atoms with Crippen molar-refractivity contribution in [1.82, 2.24) is 5.32 Å². The molecule has 1 saturated heterocycles. The van der Waals surface area contributed by atoms with E-state index in [1.807, 2.05) is 6.07 Å². The molecule has 95 valence electrons. The third-order valence-corrected chi connectivity index (χ3v) is 3.94. The Bertz CT molecular complexity index is 474. The van der Waals surface area contributed by atoms with Crippen molar-refractivity contribution in [3.8, 4) is 5.75 Å². The number of carbonyl (C=O) groups excluding carboxylic acids is 1. The van der Waals surface area contributed by atoms with Gasteiger partial charge in [-0.2, -0.15) is 4.99 Å². The average molecular weight is 263 g/mol. The molecule has 1 aromatic carbocycles. The van der Waals surface area contributed by atoms with Crippen molar-refractivity contribution >= 4 is 22.8 Å². The topological polar surface area (TPSA) is 52.8 Å². The third kappa shape index (κ3) is 2.85. The summed E-state index contributed by atoms with van der Waals surface area (Å²) in [6.07, 6.45) is 1.04. The van der Waals surface area contributed by atoms with Gasteiger partial charge in [-0.05, 0) is 18.6 Å². The number of ether oxygens (including phenoxy) is 1. The molecular formula is C13H15N2O2S. The average Bonchev–Trinajstić information content (AvgIpc) is 2.86. The van der Waals surface area contributed by atoms with E-state index in [9.17, 15) is 4.79 Å². The van der Waals surface area contributed by atoms with E-state index in [1.54, 1.807) is 37.1 Å². The van der Waals surface area contributed by atoms with E-state index in [0.29, 0.717) is 21.7 Å². The standard InChI is InChI=1S/C13H15N2O2S/c1-3-9-8-14-13(18-9)15-12(16)10-6-4-5-7-11(10)17-2/h4-7,9H,3,8H2,1-2H3. The van der Waals surface area contributed by atoms with Crippen molar-refractivity contribution in [1.29, 1.82) is 0 Å². The molecule has 0 bridgehead atoms. The minimum atomic E-state index is -0.296. The number of nitrogens with zero attached hydrogens (tertiary/aromatic N) is 2. The number of hydrogen-bond donors (Lipinski definition) is 0. The number of rotatable bonds is 3. The van der Waals surface area contributed by atoms with Gasteiger partial charge in [0, 0.05) is 5.25 Å². The highest BCUT2D eigenvalue weighted by molar-refractivity contribution is 8.14. The monoisotopic (exact) mass is 263 g/mol. The Kier molecular flexibility index (Phi) is 4.25. The molecule has 1 atom stereocenters. The highest BCUT2D eigenvalue weighted by Crippen LogP contribution is 2.24. The first-order valence-electron chi connectivity index (χ1n) is 5.84. The molecule has 1 aliphatic rings. The zero-order valence-electron chi connectivity index (χ0n) is 10.4. The maximum Gasteiger partial charge on any atom is 0.283 e. The summed E-state index contributed by atoms with van der Waals surface area (Å²) in [5, 5.41) is 5.29. The number of benzene rings is 1. The first kappa shape index (κ1) is 13.0. The van der Waals surface area contributed by atoms with Gasteiger partial charge in [-0.15, -0.1) is 0 Å². The highest BCUT2D eigenvalue weighted by Gasteiger charge is 2.22. The zero-order valence-corrected chi connectivity index (χ0v) is 11.2. The summed E-state index contributed by atoms with van der Waals surface area (Å²) in [6.45, 7) is 2.86. The molecule has 1 amide bonds. The lowest BCUT2D eigenvalue weighted by Gasteiger charge is -2.04. The summed E-state index contributed by atoms with van der Waals surface area (Å²) in [5.41, 5.74) is 0.475. The van der Waals surface area contributed by atoms with Crippen LogP contribution in [-0.4, -0.2) is 30.0 Å². The lowest BCUT2D eigenvalue weighted by Crippen LogP contribution is -2.09. The molecule has 4 nitrogen and oxygen atoms in total. The Morgan fingerprint density at radius 2 is 2.33 bits per heavy atom. The molecule has 1 fully saturated rings. The molecule has 1 radical (unpaired) electrons. The van der Waals surface area contributed by atoms with Crippen LogP contribution in [-0.2, 0) is 0 Å². The molecule has 1 aromatic rings. The molecule has 18 heavy (non-hydrogen) atoms. The molecule has 1 aliphatic heterocycles. The Labute approximate surface area is 111 Å². The quantitative estimate of drug-likeness (QED) is 0.841. The molecule has 0 aromatic heterocycles. The van der Waals surface area contributed by atoms with Crippen LogP contribution in [0, 0.1) is 0 Å². The number of carbonyl (C=O) groups is 1. The Morgan fingerprint density at radius 1 is 1.56 bits per heavy atom. The normalized spacial score (nSPS) is 20.8. The lowest BCUT2D eigenvalue weighted by atomic mass is 10.2. The molecule has 1 unspecified atom stereocenters. The number of methoxy groups -OCH3 is 1. The second kappa shape index (κ2) is 5.91. The lowest BCUT2D eigenvalue weighted by molar-refractivity contribution is 0.1000. The maximum absolute atomic E-state index is 12.0. The minimum Gasteiger partial charge on any atom is -0.496 e. The van der Waals surface area contributed by atoms with Gasteiger partial charge in [-0.1, -0.05) is 30.8 Å². The number of amides is 1. The van der Waals surface area contributed by atoms with Crippen molar-refractivity contribution in [2.45, 2.75) is 18.6 Å². The van der Waals surface area contributed by atoms with E-state index in [1.165, 1.54) is 0 Å². The van der Waals surface area contributed by atoms with Gasteiger partial charge in [0.1, 0.15) is 5.75 Å². The van der Waals surface area contributed by atoms with Gasteiger partial charge in [0.15, 0.2) is 5.17 Å². The van der Waals surface area contributed by atoms with Gasteiger partial charge in [-0.25, -0.2) is 0 Å². The van der Waals surface area contributed by atoms with Crippen molar-refractivity contribution in [2.75, 3.05) is 13.7 Å². The van der Waals surface area contributed by atoms with E-state index >= 15 is 0 Å². The first-order chi connectivity index (χ1) is 8.74. The van der Waals surface area contributed by atoms with Gasteiger partial charge in [0.25, 0.3) is 5.91 Å². The van der Waals surface area contributed by atoms with Crippen LogP contribution in [0.2, 0.25) is 0 Å². The molecule has 0 spiro atoms. The predicted octanol–water partition coefficient (Wildman–Crippen LogP) is 2.32. The number of aliphatic imine (C=N–C) groups is 1. The fourth-order valence-electron chi connectivity index (χ4n) is 1.65. The summed E-state index contributed by atoms with van der Waals surface area (Å²) in [6, 6.07) is 7.08. The smallest absolute Gasteiger partial charge is 0.283 e. The number of amidine groups is 1. The number of thioether (sulfide) groups is 1. The second-order valence-corrected chi connectivity index (χ2v) is 5.16. The zero-order chi connectivity index (χ0) is 13.0. The molecular weight excluding hydrogens is 248 g/mol. The van der Waals surface area contributed by atoms with Crippen molar-refractivity contribution in [3.63, 3.8) is 0 Å². The molecule has 0 saturated carbocycles. The predicted molar refractivity (Wildman–Crippen MR) is 73.4 cm³/mol. The van der Waals surface area contributed by atoms with E-state index in [2.05, 4.69) is 17.2 Å². The Balaban J connectivity index is 2.15. The Morgan fingerprint density at radius 3 is 3.00 bits per heavy atom. The largest absolute Gasteiger partial charge is 0.496 e. The summed E-state index contributed by atoms with van der Waals surface area (Å²) >= 11 is 1.57. The molecule has 5 heteroatoms. The Hall–Kier alpha value is -1.49. The van der Waals surface area contributed by atoms with Crippen molar-refractivity contribution in [2.24, 2.45) is 4.99 Å². The first-order valence-corrected chi connectivity index (χ1v) is 6.72. The SMILES string of the molecule is CCC1C[N]C(=NC(=O)c2ccccc2OC)S1. The third-order valence-electron chi connectivity index (χ3n) is 2.69. The molecule has 1 heterocycles. The summed E-state index contributed by atoms with van der Waals surface area (Å²) in [4.78, 5) is 16.1.